The molecule has 0 saturated carbocycles. The fourth-order valence-corrected chi connectivity index (χ4v) is 4.28. The number of hydrogen-bond donors (Lipinski definition) is 1. The molecule has 23 heavy (non-hydrogen) atoms. The standard InChI is InChI=1S/C15H16N4O3S/c16-10-11-2-1-3-13(8-11)23(20,21)19-6-4-12(5-7-19)14-9-15(17)22-18-14/h1-3,8-9,12H,4-7,17H2. The van der Waals surface area contributed by atoms with Gasteiger partial charge in [-0.3, -0.25) is 0 Å². The molecule has 1 saturated heterocycles. The van der Waals surface area contributed by atoms with E-state index in [0.29, 0.717) is 31.5 Å². The van der Waals surface area contributed by atoms with Gasteiger partial charge in [-0.05, 0) is 31.0 Å². The molecule has 0 atom stereocenters. The Bertz CT molecular complexity index is 846. The van der Waals surface area contributed by atoms with Gasteiger partial charge in [0.2, 0.25) is 15.9 Å². The monoisotopic (exact) mass is 332 g/mol. The summed E-state index contributed by atoms with van der Waals surface area (Å²) in [7, 11) is -3.58. The highest BCUT2D eigenvalue weighted by atomic mass is 32.2. The molecule has 1 aromatic carbocycles. The van der Waals surface area contributed by atoms with Crippen LogP contribution in [0.5, 0.6) is 0 Å². The van der Waals surface area contributed by atoms with E-state index in [1.807, 2.05) is 6.07 Å². The Morgan fingerprint density at radius 2 is 2.04 bits per heavy atom. The molecular formula is C15H16N4O3S. The minimum absolute atomic E-state index is 0.146. The third kappa shape index (κ3) is 3.06. The zero-order valence-corrected chi connectivity index (χ0v) is 13.2. The first-order chi connectivity index (χ1) is 11.0. The molecule has 8 heteroatoms. The summed E-state index contributed by atoms with van der Waals surface area (Å²) < 4.78 is 31.6. The summed E-state index contributed by atoms with van der Waals surface area (Å²) in [6, 6.07) is 9.73. The molecule has 1 fully saturated rings. The minimum Gasteiger partial charge on any atom is -0.368 e. The number of nitrogens with zero attached hydrogens (tertiary/aromatic N) is 3. The minimum atomic E-state index is -3.58. The highest BCUT2D eigenvalue weighted by Crippen LogP contribution is 2.30. The number of nitrogen functional groups attached to an aromatic ring is 1. The van der Waals surface area contributed by atoms with Crippen LogP contribution in [0.3, 0.4) is 0 Å². The van der Waals surface area contributed by atoms with Gasteiger partial charge in [0.15, 0.2) is 0 Å². The highest BCUT2D eigenvalue weighted by molar-refractivity contribution is 7.89. The molecule has 0 unspecified atom stereocenters. The van der Waals surface area contributed by atoms with Gasteiger partial charge in [0, 0.05) is 25.1 Å². The summed E-state index contributed by atoms with van der Waals surface area (Å²) in [4.78, 5) is 0.153. The van der Waals surface area contributed by atoms with Gasteiger partial charge < -0.3 is 10.3 Å². The van der Waals surface area contributed by atoms with Crippen LogP contribution < -0.4 is 5.73 Å². The van der Waals surface area contributed by atoms with Gasteiger partial charge in [0.25, 0.3) is 0 Å². The SMILES string of the molecule is N#Cc1cccc(S(=O)(=O)N2CCC(c3cc(N)on3)CC2)c1. The smallest absolute Gasteiger partial charge is 0.243 e. The summed E-state index contributed by atoms with van der Waals surface area (Å²) in [5.74, 6) is 0.413. The molecule has 1 aromatic heterocycles. The fourth-order valence-electron chi connectivity index (χ4n) is 2.76. The molecular weight excluding hydrogens is 316 g/mol. The predicted octanol–water partition coefficient (Wildman–Crippen LogP) is 1.70. The van der Waals surface area contributed by atoms with Crippen molar-refractivity contribution in [3.63, 3.8) is 0 Å². The van der Waals surface area contributed by atoms with Gasteiger partial charge in [0.1, 0.15) is 0 Å². The van der Waals surface area contributed by atoms with Crippen LogP contribution in [0.15, 0.2) is 39.8 Å². The highest BCUT2D eigenvalue weighted by Gasteiger charge is 2.31. The molecule has 1 aliphatic rings. The second-order valence-corrected chi connectivity index (χ2v) is 7.41. The van der Waals surface area contributed by atoms with Gasteiger partial charge in [-0.1, -0.05) is 11.2 Å². The summed E-state index contributed by atoms with van der Waals surface area (Å²) in [6.07, 6.45) is 1.31. The number of hydrogen-bond acceptors (Lipinski definition) is 6. The number of nitriles is 1. The summed E-state index contributed by atoms with van der Waals surface area (Å²) >= 11 is 0. The quantitative estimate of drug-likeness (QED) is 0.915. The predicted molar refractivity (Wildman–Crippen MR) is 82.8 cm³/mol. The first kappa shape index (κ1) is 15.5. The maximum absolute atomic E-state index is 12.7. The van der Waals surface area contributed by atoms with Crippen molar-refractivity contribution in [1.82, 2.24) is 9.46 Å². The molecule has 120 valence electrons. The van der Waals surface area contributed by atoms with Crippen molar-refractivity contribution in [3.05, 3.63) is 41.6 Å². The van der Waals surface area contributed by atoms with E-state index in [-0.39, 0.29) is 16.7 Å². The normalized spacial score (nSPS) is 17.0. The molecule has 3 rings (SSSR count). The van der Waals surface area contributed by atoms with E-state index >= 15 is 0 Å². The lowest BCUT2D eigenvalue weighted by atomic mass is 9.95. The van der Waals surface area contributed by atoms with Crippen LogP contribution in [-0.2, 0) is 10.0 Å². The Kier molecular flexibility index (Phi) is 4.07. The summed E-state index contributed by atoms with van der Waals surface area (Å²) in [6.45, 7) is 0.799. The third-order valence-electron chi connectivity index (χ3n) is 4.02. The van der Waals surface area contributed by atoms with Crippen LogP contribution >= 0.6 is 0 Å². The van der Waals surface area contributed by atoms with E-state index in [1.54, 1.807) is 18.2 Å². The van der Waals surface area contributed by atoms with Crippen LogP contribution in [0.2, 0.25) is 0 Å². The van der Waals surface area contributed by atoms with Gasteiger partial charge in [-0.15, -0.1) is 0 Å². The second kappa shape index (κ2) is 6.02. The number of nitrogens with two attached hydrogens (primary N) is 1. The van der Waals surface area contributed by atoms with E-state index in [1.165, 1.54) is 16.4 Å². The Labute approximate surface area is 134 Å². The van der Waals surface area contributed by atoms with E-state index in [0.717, 1.165) is 5.69 Å². The van der Waals surface area contributed by atoms with Crippen LogP contribution in [-0.4, -0.2) is 31.0 Å². The van der Waals surface area contributed by atoms with Crippen molar-refractivity contribution in [1.29, 1.82) is 5.26 Å². The van der Waals surface area contributed by atoms with Crippen molar-refractivity contribution >= 4 is 15.9 Å². The molecule has 0 bridgehead atoms. The van der Waals surface area contributed by atoms with Gasteiger partial charge in [-0.25, -0.2) is 8.42 Å². The Morgan fingerprint density at radius 3 is 2.65 bits per heavy atom. The van der Waals surface area contributed by atoms with Crippen molar-refractivity contribution in [3.8, 4) is 6.07 Å². The molecule has 2 heterocycles. The van der Waals surface area contributed by atoms with E-state index in [2.05, 4.69) is 5.16 Å². The zero-order chi connectivity index (χ0) is 16.4. The molecule has 0 amide bonds. The fraction of sp³-hybridized carbons (Fsp3) is 0.333. The lowest BCUT2D eigenvalue weighted by Crippen LogP contribution is -2.38. The molecule has 0 radical (unpaired) electrons. The van der Waals surface area contributed by atoms with Crippen molar-refractivity contribution < 1.29 is 12.9 Å². The average Bonchev–Trinajstić information content (AvgIpc) is 3.01. The first-order valence-electron chi connectivity index (χ1n) is 7.23. The van der Waals surface area contributed by atoms with Crippen molar-refractivity contribution in [2.24, 2.45) is 0 Å². The Balaban J connectivity index is 1.74. The third-order valence-corrected chi connectivity index (χ3v) is 5.91. The Hall–Kier alpha value is -2.37. The summed E-state index contributed by atoms with van der Waals surface area (Å²) in [5.41, 5.74) is 6.63. The molecule has 0 aliphatic carbocycles. The first-order valence-corrected chi connectivity index (χ1v) is 8.67. The number of benzene rings is 1. The lowest BCUT2D eigenvalue weighted by Gasteiger charge is -2.30. The van der Waals surface area contributed by atoms with Crippen LogP contribution in [0.1, 0.15) is 30.0 Å². The van der Waals surface area contributed by atoms with Crippen molar-refractivity contribution in [2.75, 3.05) is 18.8 Å². The van der Waals surface area contributed by atoms with Gasteiger partial charge >= 0.3 is 0 Å². The maximum atomic E-state index is 12.7. The lowest BCUT2D eigenvalue weighted by molar-refractivity contribution is 0.309. The molecule has 2 N–H and O–H groups in total. The average molecular weight is 332 g/mol. The van der Waals surface area contributed by atoms with Crippen molar-refractivity contribution in [2.45, 2.75) is 23.7 Å². The van der Waals surface area contributed by atoms with Crippen LogP contribution in [0, 0.1) is 11.3 Å². The number of aromatic nitrogens is 1. The number of anilines is 1. The maximum Gasteiger partial charge on any atom is 0.243 e. The number of rotatable bonds is 3. The molecule has 1 aliphatic heterocycles. The topological polar surface area (TPSA) is 113 Å². The zero-order valence-electron chi connectivity index (χ0n) is 12.3. The van der Waals surface area contributed by atoms with Crippen LogP contribution in [0.4, 0.5) is 5.88 Å². The molecule has 7 nitrogen and oxygen atoms in total. The largest absolute Gasteiger partial charge is 0.368 e. The van der Waals surface area contributed by atoms with Gasteiger partial charge in [0.05, 0.1) is 22.2 Å². The van der Waals surface area contributed by atoms with E-state index in [4.69, 9.17) is 15.5 Å². The second-order valence-electron chi connectivity index (χ2n) is 5.47. The van der Waals surface area contributed by atoms with Gasteiger partial charge in [-0.2, -0.15) is 9.57 Å². The molecule has 0 spiro atoms. The van der Waals surface area contributed by atoms with Crippen LogP contribution in [0.25, 0.3) is 0 Å². The molecule has 2 aromatic rings. The Morgan fingerprint density at radius 1 is 1.30 bits per heavy atom. The number of piperidine rings is 1. The summed E-state index contributed by atoms with van der Waals surface area (Å²) in [5, 5.41) is 12.8. The van der Waals surface area contributed by atoms with E-state index < -0.39 is 10.0 Å². The number of sulfonamides is 1. The van der Waals surface area contributed by atoms with E-state index in [9.17, 15) is 8.42 Å².